The lowest BCUT2D eigenvalue weighted by molar-refractivity contribution is 0.0814. The molecular formula is C13H18O3. The number of benzene rings is 1. The Morgan fingerprint density at radius 2 is 1.88 bits per heavy atom. The summed E-state index contributed by atoms with van der Waals surface area (Å²) in [4.78, 5) is 0. The summed E-state index contributed by atoms with van der Waals surface area (Å²) in [5, 5.41) is 8.49. The number of aliphatic hydroxyl groups excluding tert-OH is 1. The summed E-state index contributed by atoms with van der Waals surface area (Å²) in [6, 6.07) is 9.79. The zero-order chi connectivity index (χ0) is 11.6. The second kappa shape index (κ2) is 7.91. The monoisotopic (exact) mass is 222 g/mol. The van der Waals surface area contributed by atoms with Crippen LogP contribution in [-0.2, 0) is 9.47 Å². The third-order valence-electron chi connectivity index (χ3n) is 2.04. The second-order valence-corrected chi connectivity index (χ2v) is 3.33. The van der Waals surface area contributed by atoms with E-state index in [0.717, 1.165) is 12.0 Å². The van der Waals surface area contributed by atoms with E-state index in [1.165, 1.54) is 0 Å². The van der Waals surface area contributed by atoms with Gasteiger partial charge < -0.3 is 14.6 Å². The van der Waals surface area contributed by atoms with Crippen molar-refractivity contribution in [2.75, 3.05) is 26.4 Å². The number of ether oxygens (including phenoxy) is 2. The molecule has 0 aliphatic rings. The van der Waals surface area contributed by atoms with Gasteiger partial charge in [0.15, 0.2) is 0 Å². The van der Waals surface area contributed by atoms with Crippen molar-refractivity contribution < 1.29 is 14.6 Å². The standard InChI is InChI=1S/C13H18O3/c1-12(13-6-3-2-4-7-13)16-10-5-9-15-11-8-14/h2-4,6-7,14H,1,5,8-11H2. The molecule has 1 N–H and O–H groups in total. The van der Waals surface area contributed by atoms with E-state index in [0.29, 0.717) is 25.6 Å². The fraction of sp³-hybridized carbons (Fsp3) is 0.385. The maximum absolute atomic E-state index is 8.49. The van der Waals surface area contributed by atoms with E-state index >= 15 is 0 Å². The highest BCUT2D eigenvalue weighted by molar-refractivity contribution is 5.56. The smallest absolute Gasteiger partial charge is 0.119 e. The van der Waals surface area contributed by atoms with Crippen LogP contribution in [0.15, 0.2) is 36.9 Å². The van der Waals surface area contributed by atoms with E-state index in [-0.39, 0.29) is 6.61 Å². The zero-order valence-electron chi connectivity index (χ0n) is 9.39. The van der Waals surface area contributed by atoms with Crippen molar-refractivity contribution in [3.05, 3.63) is 42.5 Å². The molecule has 88 valence electrons. The molecule has 1 rings (SSSR count). The molecule has 1 aromatic rings. The first-order chi connectivity index (χ1) is 7.84. The Hall–Kier alpha value is -1.32. The lowest BCUT2D eigenvalue weighted by Crippen LogP contribution is -2.03. The van der Waals surface area contributed by atoms with Gasteiger partial charge in [-0.3, -0.25) is 0 Å². The van der Waals surface area contributed by atoms with Crippen LogP contribution in [0.25, 0.3) is 5.76 Å². The molecule has 3 nitrogen and oxygen atoms in total. The Morgan fingerprint density at radius 1 is 1.12 bits per heavy atom. The van der Waals surface area contributed by atoms with Gasteiger partial charge in [-0.1, -0.05) is 36.9 Å². The van der Waals surface area contributed by atoms with Gasteiger partial charge in [-0.2, -0.15) is 0 Å². The first-order valence-electron chi connectivity index (χ1n) is 5.40. The normalized spacial score (nSPS) is 10.1. The van der Waals surface area contributed by atoms with Gasteiger partial charge in [-0.15, -0.1) is 0 Å². The zero-order valence-corrected chi connectivity index (χ0v) is 9.39. The van der Waals surface area contributed by atoms with Crippen molar-refractivity contribution in [3.8, 4) is 0 Å². The Bertz CT molecular complexity index is 295. The van der Waals surface area contributed by atoms with Gasteiger partial charge in [-0.25, -0.2) is 0 Å². The molecule has 16 heavy (non-hydrogen) atoms. The van der Waals surface area contributed by atoms with E-state index in [9.17, 15) is 0 Å². The highest BCUT2D eigenvalue weighted by Crippen LogP contribution is 2.12. The van der Waals surface area contributed by atoms with Crippen molar-refractivity contribution in [2.45, 2.75) is 6.42 Å². The molecule has 0 saturated carbocycles. The molecule has 0 amide bonds. The van der Waals surface area contributed by atoms with Crippen LogP contribution in [-0.4, -0.2) is 31.5 Å². The molecule has 0 aromatic heterocycles. The fourth-order valence-electron chi connectivity index (χ4n) is 1.23. The lowest BCUT2D eigenvalue weighted by Gasteiger charge is -2.09. The number of aliphatic hydroxyl groups is 1. The van der Waals surface area contributed by atoms with Gasteiger partial charge in [0.2, 0.25) is 0 Å². The fourth-order valence-corrected chi connectivity index (χ4v) is 1.23. The van der Waals surface area contributed by atoms with Gasteiger partial charge in [-0.05, 0) is 0 Å². The van der Waals surface area contributed by atoms with Crippen LogP contribution in [0.2, 0.25) is 0 Å². The molecule has 0 spiro atoms. The first-order valence-corrected chi connectivity index (χ1v) is 5.40. The average molecular weight is 222 g/mol. The first kappa shape index (κ1) is 12.7. The lowest BCUT2D eigenvalue weighted by atomic mass is 10.2. The summed E-state index contributed by atoms with van der Waals surface area (Å²) >= 11 is 0. The molecule has 0 heterocycles. The molecule has 0 saturated heterocycles. The van der Waals surface area contributed by atoms with Gasteiger partial charge in [0, 0.05) is 18.6 Å². The second-order valence-electron chi connectivity index (χ2n) is 3.33. The van der Waals surface area contributed by atoms with Crippen LogP contribution in [0.5, 0.6) is 0 Å². The molecule has 0 fully saturated rings. The Balaban J connectivity index is 2.12. The van der Waals surface area contributed by atoms with Crippen molar-refractivity contribution in [2.24, 2.45) is 0 Å². The number of hydrogen-bond acceptors (Lipinski definition) is 3. The molecule has 1 aromatic carbocycles. The van der Waals surface area contributed by atoms with Crippen LogP contribution >= 0.6 is 0 Å². The molecule has 3 heteroatoms. The average Bonchev–Trinajstić information content (AvgIpc) is 2.34. The molecular weight excluding hydrogens is 204 g/mol. The summed E-state index contributed by atoms with van der Waals surface area (Å²) < 4.78 is 10.6. The topological polar surface area (TPSA) is 38.7 Å². The molecule has 0 bridgehead atoms. The van der Waals surface area contributed by atoms with Gasteiger partial charge in [0.05, 0.1) is 19.8 Å². The van der Waals surface area contributed by atoms with Crippen LogP contribution < -0.4 is 0 Å². The quantitative estimate of drug-likeness (QED) is 0.540. The summed E-state index contributed by atoms with van der Waals surface area (Å²) in [7, 11) is 0. The summed E-state index contributed by atoms with van der Waals surface area (Å²) in [5.74, 6) is 0.683. The largest absolute Gasteiger partial charge is 0.494 e. The molecule has 0 unspecified atom stereocenters. The Kier molecular flexibility index (Phi) is 6.30. The molecule has 0 radical (unpaired) electrons. The predicted molar refractivity (Wildman–Crippen MR) is 63.9 cm³/mol. The summed E-state index contributed by atoms with van der Waals surface area (Å²) in [5.41, 5.74) is 0.999. The third kappa shape index (κ3) is 4.96. The number of hydrogen-bond donors (Lipinski definition) is 1. The predicted octanol–water partition coefficient (Wildman–Crippen LogP) is 2.07. The minimum Gasteiger partial charge on any atom is -0.494 e. The van der Waals surface area contributed by atoms with Gasteiger partial charge in [0.1, 0.15) is 5.76 Å². The van der Waals surface area contributed by atoms with Crippen LogP contribution in [0.1, 0.15) is 12.0 Å². The van der Waals surface area contributed by atoms with Crippen LogP contribution in [0.3, 0.4) is 0 Å². The highest BCUT2D eigenvalue weighted by atomic mass is 16.5. The van der Waals surface area contributed by atoms with Crippen molar-refractivity contribution in [1.29, 1.82) is 0 Å². The number of rotatable bonds is 8. The van der Waals surface area contributed by atoms with Crippen LogP contribution in [0, 0.1) is 0 Å². The third-order valence-corrected chi connectivity index (χ3v) is 2.04. The maximum Gasteiger partial charge on any atom is 0.119 e. The van der Waals surface area contributed by atoms with Gasteiger partial charge in [0.25, 0.3) is 0 Å². The maximum atomic E-state index is 8.49. The molecule has 0 aliphatic carbocycles. The Morgan fingerprint density at radius 3 is 2.56 bits per heavy atom. The minimum atomic E-state index is 0.0670. The minimum absolute atomic E-state index is 0.0670. The molecule has 0 atom stereocenters. The van der Waals surface area contributed by atoms with Crippen molar-refractivity contribution in [3.63, 3.8) is 0 Å². The molecule has 0 aliphatic heterocycles. The van der Waals surface area contributed by atoms with Gasteiger partial charge >= 0.3 is 0 Å². The van der Waals surface area contributed by atoms with Crippen LogP contribution in [0.4, 0.5) is 0 Å². The van der Waals surface area contributed by atoms with E-state index in [1.54, 1.807) is 0 Å². The highest BCUT2D eigenvalue weighted by Gasteiger charge is 1.98. The van der Waals surface area contributed by atoms with E-state index < -0.39 is 0 Å². The van der Waals surface area contributed by atoms with Crippen molar-refractivity contribution >= 4 is 5.76 Å². The van der Waals surface area contributed by atoms with E-state index in [4.69, 9.17) is 14.6 Å². The Labute approximate surface area is 96.3 Å². The van der Waals surface area contributed by atoms with E-state index in [1.807, 2.05) is 30.3 Å². The SMILES string of the molecule is C=C(OCCCOCCO)c1ccccc1. The van der Waals surface area contributed by atoms with E-state index in [2.05, 4.69) is 6.58 Å². The van der Waals surface area contributed by atoms with Crippen molar-refractivity contribution in [1.82, 2.24) is 0 Å². The summed E-state index contributed by atoms with van der Waals surface area (Å²) in [6.07, 6.45) is 0.797. The summed E-state index contributed by atoms with van der Waals surface area (Å²) in [6.45, 7) is 5.49.